The second-order valence-corrected chi connectivity index (χ2v) is 11.0. The third-order valence-corrected chi connectivity index (χ3v) is 5.97. The molecule has 9 nitrogen and oxygen atoms in total. The molecule has 3 amide bonds. The summed E-state index contributed by atoms with van der Waals surface area (Å²) in [6.45, 7) is 5.78. The summed E-state index contributed by atoms with van der Waals surface area (Å²) in [5, 5.41) is 2.20. The van der Waals surface area contributed by atoms with Crippen molar-refractivity contribution in [2.45, 2.75) is 32.6 Å². The van der Waals surface area contributed by atoms with Crippen molar-refractivity contribution in [2.75, 3.05) is 36.6 Å². The zero-order valence-corrected chi connectivity index (χ0v) is 21.7. The van der Waals surface area contributed by atoms with E-state index in [0.717, 1.165) is 6.26 Å². The Hall–Kier alpha value is -3.78. The number of imide groups is 1. The van der Waals surface area contributed by atoms with Crippen molar-refractivity contribution in [1.82, 2.24) is 5.32 Å². The van der Waals surface area contributed by atoms with E-state index in [2.05, 4.69) is 21.9 Å². The van der Waals surface area contributed by atoms with E-state index in [1.165, 1.54) is 31.3 Å². The molecular formula is C25H28FN3O6S. The number of nitrogens with one attached hydrogen (secondary N) is 2. The van der Waals surface area contributed by atoms with Crippen LogP contribution in [0.4, 0.5) is 20.6 Å². The summed E-state index contributed by atoms with van der Waals surface area (Å²) in [4.78, 5) is 25.2. The smallest absolute Gasteiger partial charge is 0.328 e. The van der Waals surface area contributed by atoms with Crippen LogP contribution in [0.5, 0.6) is 11.5 Å². The number of hydrogen-bond donors (Lipinski definition) is 2. The SMILES string of the molecule is COc1cc(C#Cc2c(F)c(N3CCC(=O)NC3=O)cc(C(C)(C)C)c2OC)ccc1NS(C)(=O)=O. The lowest BCUT2D eigenvalue weighted by Crippen LogP contribution is -2.50. The molecular weight excluding hydrogens is 489 g/mol. The van der Waals surface area contributed by atoms with Crippen molar-refractivity contribution in [3.63, 3.8) is 0 Å². The highest BCUT2D eigenvalue weighted by atomic mass is 32.2. The molecule has 1 fully saturated rings. The summed E-state index contributed by atoms with van der Waals surface area (Å²) in [5.74, 6) is 4.95. The van der Waals surface area contributed by atoms with Gasteiger partial charge in [-0.2, -0.15) is 0 Å². The number of rotatable bonds is 5. The van der Waals surface area contributed by atoms with E-state index in [1.807, 2.05) is 20.8 Å². The molecule has 2 aromatic carbocycles. The molecule has 0 radical (unpaired) electrons. The summed E-state index contributed by atoms with van der Waals surface area (Å²) in [7, 11) is -0.728. The number of halogens is 1. The van der Waals surface area contributed by atoms with Gasteiger partial charge in [0.2, 0.25) is 15.9 Å². The highest BCUT2D eigenvalue weighted by Gasteiger charge is 2.32. The summed E-state index contributed by atoms with van der Waals surface area (Å²) in [6.07, 6.45) is 1.06. The van der Waals surface area contributed by atoms with E-state index in [9.17, 15) is 18.0 Å². The van der Waals surface area contributed by atoms with Gasteiger partial charge in [0.15, 0.2) is 5.82 Å². The van der Waals surface area contributed by atoms with Crippen molar-refractivity contribution >= 4 is 33.3 Å². The van der Waals surface area contributed by atoms with Crippen LogP contribution in [0, 0.1) is 17.7 Å². The Morgan fingerprint density at radius 2 is 1.81 bits per heavy atom. The van der Waals surface area contributed by atoms with Gasteiger partial charge >= 0.3 is 6.03 Å². The molecule has 1 aliphatic heterocycles. The molecule has 3 rings (SSSR count). The standard InChI is InChI=1S/C25H28FN3O6S/c1-25(2,3)17-14-19(29-12-11-21(30)27-24(29)31)22(26)16(23(17)35-5)9-7-15-8-10-18(20(13-15)34-4)28-36(6,32)33/h8,10,13-14,28H,11-12H2,1-6H3,(H,27,30,31). The van der Waals surface area contributed by atoms with E-state index in [-0.39, 0.29) is 41.4 Å². The number of benzene rings is 2. The summed E-state index contributed by atoms with van der Waals surface area (Å²) in [5.41, 5.74) is 0.727. The Morgan fingerprint density at radius 1 is 1.11 bits per heavy atom. The number of ether oxygens (including phenoxy) is 2. The molecule has 0 aromatic heterocycles. The van der Waals surface area contributed by atoms with Gasteiger partial charge < -0.3 is 9.47 Å². The van der Waals surface area contributed by atoms with Crippen LogP contribution in [0.2, 0.25) is 0 Å². The third-order valence-electron chi connectivity index (χ3n) is 5.38. The van der Waals surface area contributed by atoms with E-state index >= 15 is 4.39 Å². The lowest BCUT2D eigenvalue weighted by atomic mass is 9.84. The molecule has 0 bridgehead atoms. The molecule has 1 saturated heterocycles. The summed E-state index contributed by atoms with van der Waals surface area (Å²) in [6, 6.07) is 5.40. The van der Waals surface area contributed by atoms with Crippen LogP contribution in [-0.2, 0) is 20.2 Å². The first-order valence-electron chi connectivity index (χ1n) is 11.0. The Labute approximate surface area is 210 Å². The molecule has 11 heteroatoms. The number of methoxy groups -OCH3 is 2. The molecule has 0 spiro atoms. The largest absolute Gasteiger partial charge is 0.495 e. The van der Waals surface area contributed by atoms with E-state index in [1.54, 1.807) is 12.1 Å². The number of amides is 3. The van der Waals surface area contributed by atoms with E-state index in [0.29, 0.717) is 11.1 Å². The number of nitrogens with zero attached hydrogens (tertiary/aromatic N) is 1. The first-order chi connectivity index (χ1) is 16.7. The number of carbonyl (C=O) groups is 2. The summed E-state index contributed by atoms with van der Waals surface area (Å²) < 4.78 is 52.2. The molecule has 0 atom stereocenters. The fraction of sp³-hybridized carbons (Fsp3) is 0.360. The van der Waals surface area contributed by atoms with Crippen LogP contribution in [0.3, 0.4) is 0 Å². The molecule has 2 aromatic rings. The van der Waals surface area contributed by atoms with Gasteiger partial charge in [0, 0.05) is 24.1 Å². The van der Waals surface area contributed by atoms with Crippen molar-refractivity contribution < 1.29 is 31.9 Å². The maximum absolute atomic E-state index is 15.9. The Kier molecular flexibility index (Phi) is 7.50. The second kappa shape index (κ2) is 10.1. The average molecular weight is 518 g/mol. The highest BCUT2D eigenvalue weighted by molar-refractivity contribution is 7.92. The quantitative estimate of drug-likeness (QED) is 0.588. The van der Waals surface area contributed by atoms with Crippen LogP contribution in [0.15, 0.2) is 24.3 Å². The zero-order chi connectivity index (χ0) is 26.8. The number of sulfonamides is 1. The zero-order valence-electron chi connectivity index (χ0n) is 20.9. The minimum Gasteiger partial charge on any atom is -0.495 e. The van der Waals surface area contributed by atoms with Gasteiger partial charge in [-0.25, -0.2) is 17.6 Å². The Bertz CT molecular complexity index is 1390. The van der Waals surface area contributed by atoms with Crippen molar-refractivity contribution in [3.8, 4) is 23.3 Å². The van der Waals surface area contributed by atoms with Gasteiger partial charge in [0.05, 0.1) is 31.9 Å². The van der Waals surface area contributed by atoms with Gasteiger partial charge in [-0.1, -0.05) is 32.6 Å². The van der Waals surface area contributed by atoms with Gasteiger partial charge in [-0.05, 0) is 29.7 Å². The van der Waals surface area contributed by atoms with Gasteiger partial charge in [0.25, 0.3) is 0 Å². The molecule has 2 N–H and O–H groups in total. The third kappa shape index (κ3) is 5.88. The van der Waals surface area contributed by atoms with Crippen LogP contribution < -0.4 is 24.4 Å². The number of carbonyl (C=O) groups excluding carboxylic acids is 2. The molecule has 0 saturated carbocycles. The molecule has 1 aliphatic rings. The monoisotopic (exact) mass is 517 g/mol. The molecule has 36 heavy (non-hydrogen) atoms. The average Bonchev–Trinajstić information content (AvgIpc) is 2.77. The first kappa shape index (κ1) is 26.8. The minimum absolute atomic E-state index is 0.0136. The fourth-order valence-electron chi connectivity index (χ4n) is 3.69. The predicted octanol–water partition coefficient (Wildman–Crippen LogP) is 3.36. The molecule has 192 valence electrons. The molecule has 0 aliphatic carbocycles. The van der Waals surface area contributed by atoms with E-state index < -0.39 is 33.2 Å². The van der Waals surface area contributed by atoms with Crippen LogP contribution >= 0.6 is 0 Å². The maximum atomic E-state index is 15.9. The molecule has 1 heterocycles. The van der Waals surface area contributed by atoms with Crippen molar-refractivity contribution in [1.29, 1.82) is 0 Å². The second-order valence-electron chi connectivity index (χ2n) is 9.21. The highest BCUT2D eigenvalue weighted by Crippen LogP contribution is 2.40. The van der Waals surface area contributed by atoms with Crippen molar-refractivity contribution in [2.24, 2.45) is 0 Å². The summed E-state index contributed by atoms with van der Waals surface area (Å²) >= 11 is 0. The van der Waals surface area contributed by atoms with Gasteiger partial charge in [-0.15, -0.1) is 0 Å². The Morgan fingerprint density at radius 3 is 2.36 bits per heavy atom. The molecule has 0 unspecified atom stereocenters. The number of hydrogen-bond acceptors (Lipinski definition) is 6. The van der Waals surface area contributed by atoms with Gasteiger partial charge in [0.1, 0.15) is 17.1 Å². The van der Waals surface area contributed by atoms with Crippen LogP contribution in [0.25, 0.3) is 0 Å². The van der Waals surface area contributed by atoms with E-state index in [4.69, 9.17) is 9.47 Å². The fourth-order valence-corrected chi connectivity index (χ4v) is 4.26. The van der Waals surface area contributed by atoms with Crippen LogP contribution in [-0.4, -0.2) is 47.4 Å². The first-order valence-corrected chi connectivity index (χ1v) is 12.8. The van der Waals surface area contributed by atoms with Crippen molar-refractivity contribution in [3.05, 3.63) is 46.8 Å². The number of anilines is 2. The Balaban J connectivity index is 2.17. The normalized spacial score (nSPS) is 14.0. The lowest BCUT2D eigenvalue weighted by molar-refractivity contribution is -0.120. The lowest BCUT2D eigenvalue weighted by Gasteiger charge is -2.30. The number of urea groups is 1. The van der Waals surface area contributed by atoms with Gasteiger partial charge in [-0.3, -0.25) is 19.7 Å². The maximum Gasteiger partial charge on any atom is 0.328 e. The minimum atomic E-state index is -3.53. The predicted molar refractivity (Wildman–Crippen MR) is 135 cm³/mol. The van der Waals surface area contributed by atoms with Crippen LogP contribution in [0.1, 0.15) is 43.9 Å². The topological polar surface area (TPSA) is 114 Å².